The van der Waals surface area contributed by atoms with E-state index in [0.29, 0.717) is 12.1 Å². The van der Waals surface area contributed by atoms with Crippen molar-refractivity contribution in [2.45, 2.75) is 69.7 Å². The molecule has 3 aliphatic rings. The highest BCUT2D eigenvalue weighted by Crippen LogP contribution is 2.29. The third-order valence-electron chi connectivity index (χ3n) is 5.92. The Balaban J connectivity index is 0.00000210. The number of rotatable bonds is 6. The molecule has 1 aliphatic heterocycles. The second-order valence-electron chi connectivity index (χ2n) is 7.89. The average molecular weight is 484 g/mol. The van der Waals surface area contributed by atoms with Crippen LogP contribution in [0.2, 0.25) is 0 Å². The van der Waals surface area contributed by atoms with Crippen molar-refractivity contribution in [3.8, 4) is 5.75 Å². The molecule has 1 heterocycles. The summed E-state index contributed by atoms with van der Waals surface area (Å²) in [6.07, 6.45) is 9.30. The maximum Gasteiger partial charge on any atom is 0.191 e. The molecule has 3 fully saturated rings. The fourth-order valence-corrected chi connectivity index (χ4v) is 3.85. The molecule has 0 atom stereocenters. The zero-order valence-corrected chi connectivity index (χ0v) is 18.7. The zero-order valence-electron chi connectivity index (χ0n) is 16.3. The van der Waals surface area contributed by atoms with Crippen molar-refractivity contribution >= 4 is 29.9 Å². The lowest BCUT2D eigenvalue weighted by Crippen LogP contribution is -2.48. The van der Waals surface area contributed by atoms with E-state index in [-0.39, 0.29) is 24.0 Å². The molecule has 4 rings (SSSR count). The Morgan fingerprint density at radius 1 is 1.11 bits per heavy atom. The van der Waals surface area contributed by atoms with E-state index in [1.165, 1.54) is 63.6 Å². The van der Waals surface area contributed by atoms with Gasteiger partial charge in [0, 0.05) is 44.3 Å². The summed E-state index contributed by atoms with van der Waals surface area (Å²) in [5.41, 5.74) is 1.20. The SMILES string of the molecule is CN=C(NCc1ccccc1OC1CCC1)NC1CCN(C2CC2)CC1.I. The number of nitrogens with one attached hydrogen (secondary N) is 2. The molecule has 1 aromatic carbocycles. The summed E-state index contributed by atoms with van der Waals surface area (Å²) in [7, 11) is 1.85. The van der Waals surface area contributed by atoms with Crippen molar-refractivity contribution in [3.63, 3.8) is 0 Å². The highest BCUT2D eigenvalue weighted by atomic mass is 127. The summed E-state index contributed by atoms with van der Waals surface area (Å²) < 4.78 is 6.13. The molecule has 0 bridgehead atoms. The highest BCUT2D eigenvalue weighted by Gasteiger charge is 2.31. The molecule has 150 valence electrons. The fourth-order valence-electron chi connectivity index (χ4n) is 3.85. The molecular weight excluding hydrogens is 451 g/mol. The number of benzene rings is 1. The first-order chi connectivity index (χ1) is 12.8. The number of ether oxygens (including phenoxy) is 1. The van der Waals surface area contributed by atoms with Crippen LogP contribution < -0.4 is 15.4 Å². The molecule has 2 aliphatic carbocycles. The number of halogens is 1. The van der Waals surface area contributed by atoms with Crippen molar-refractivity contribution in [2.75, 3.05) is 20.1 Å². The monoisotopic (exact) mass is 484 g/mol. The van der Waals surface area contributed by atoms with Gasteiger partial charge in [0.15, 0.2) is 5.96 Å². The molecule has 2 N–H and O–H groups in total. The molecule has 0 radical (unpaired) electrons. The maximum atomic E-state index is 6.13. The second kappa shape index (κ2) is 9.96. The Hall–Kier alpha value is -1.02. The topological polar surface area (TPSA) is 48.9 Å². The molecular formula is C21H33IN4O. The van der Waals surface area contributed by atoms with Crippen molar-refractivity contribution < 1.29 is 4.74 Å². The van der Waals surface area contributed by atoms with Crippen LogP contribution >= 0.6 is 24.0 Å². The van der Waals surface area contributed by atoms with Crippen molar-refractivity contribution in [2.24, 2.45) is 4.99 Å². The average Bonchev–Trinajstić information content (AvgIpc) is 3.48. The van der Waals surface area contributed by atoms with E-state index in [2.05, 4.69) is 44.8 Å². The number of piperidine rings is 1. The van der Waals surface area contributed by atoms with Gasteiger partial charge in [0.05, 0.1) is 6.10 Å². The quantitative estimate of drug-likeness (QED) is 0.369. The van der Waals surface area contributed by atoms with Gasteiger partial charge in [0.25, 0.3) is 0 Å². The molecule has 2 saturated carbocycles. The minimum atomic E-state index is 0. The van der Waals surface area contributed by atoms with E-state index in [0.717, 1.165) is 24.3 Å². The van der Waals surface area contributed by atoms with Gasteiger partial charge < -0.3 is 20.3 Å². The highest BCUT2D eigenvalue weighted by molar-refractivity contribution is 14.0. The molecule has 1 saturated heterocycles. The van der Waals surface area contributed by atoms with Crippen LogP contribution in [-0.2, 0) is 6.54 Å². The fraction of sp³-hybridized carbons (Fsp3) is 0.667. The molecule has 0 amide bonds. The molecule has 27 heavy (non-hydrogen) atoms. The second-order valence-corrected chi connectivity index (χ2v) is 7.89. The lowest BCUT2D eigenvalue weighted by Gasteiger charge is -2.33. The van der Waals surface area contributed by atoms with Crippen molar-refractivity contribution in [3.05, 3.63) is 29.8 Å². The Kier molecular flexibility index (Phi) is 7.64. The summed E-state index contributed by atoms with van der Waals surface area (Å²) >= 11 is 0. The van der Waals surface area contributed by atoms with E-state index in [9.17, 15) is 0 Å². The minimum absolute atomic E-state index is 0. The summed E-state index contributed by atoms with van der Waals surface area (Å²) in [6.45, 7) is 3.18. The zero-order chi connectivity index (χ0) is 17.8. The number of likely N-dealkylation sites (tertiary alicyclic amines) is 1. The third kappa shape index (κ3) is 5.73. The summed E-state index contributed by atoms with van der Waals surface area (Å²) in [4.78, 5) is 7.08. The van der Waals surface area contributed by atoms with Gasteiger partial charge in [-0.05, 0) is 51.0 Å². The minimum Gasteiger partial charge on any atom is -0.490 e. The van der Waals surface area contributed by atoms with Crippen LogP contribution in [0.1, 0.15) is 50.5 Å². The molecule has 6 heteroatoms. The maximum absolute atomic E-state index is 6.13. The lowest BCUT2D eigenvalue weighted by molar-refractivity contribution is 0.119. The lowest BCUT2D eigenvalue weighted by atomic mass is 9.96. The normalized spacial score (nSPS) is 21.9. The first-order valence-electron chi connectivity index (χ1n) is 10.3. The Morgan fingerprint density at radius 3 is 2.48 bits per heavy atom. The molecule has 0 unspecified atom stereocenters. The third-order valence-corrected chi connectivity index (χ3v) is 5.92. The molecule has 0 spiro atoms. The van der Waals surface area contributed by atoms with Gasteiger partial charge in [-0.15, -0.1) is 24.0 Å². The first-order valence-corrected chi connectivity index (χ1v) is 10.3. The predicted octanol–water partition coefficient (Wildman–Crippen LogP) is 3.53. The van der Waals surface area contributed by atoms with Crippen LogP contribution in [0.3, 0.4) is 0 Å². The van der Waals surface area contributed by atoms with Crippen molar-refractivity contribution in [1.29, 1.82) is 0 Å². The molecule has 5 nitrogen and oxygen atoms in total. The van der Waals surface area contributed by atoms with Gasteiger partial charge in [0.2, 0.25) is 0 Å². The van der Waals surface area contributed by atoms with Gasteiger partial charge >= 0.3 is 0 Å². The Labute approximate surface area is 180 Å². The van der Waals surface area contributed by atoms with Gasteiger partial charge in [-0.25, -0.2) is 0 Å². The van der Waals surface area contributed by atoms with E-state index >= 15 is 0 Å². The largest absolute Gasteiger partial charge is 0.490 e. The van der Waals surface area contributed by atoms with E-state index in [1.807, 2.05) is 7.05 Å². The summed E-state index contributed by atoms with van der Waals surface area (Å²) in [5.74, 6) is 1.91. The van der Waals surface area contributed by atoms with Crippen LogP contribution in [0.25, 0.3) is 0 Å². The van der Waals surface area contributed by atoms with Crippen LogP contribution in [0.4, 0.5) is 0 Å². The molecule has 0 aromatic heterocycles. The Morgan fingerprint density at radius 2 is 1.85 bits per heavy atom. The van der Waals surface area contributed by atoms with Crippen molar-refractivity contribution in [1.82, 2.24) is 15.5 Å². The van der Waals surface area contributed by atoms with Gasteiger partial charge in [-0.1, -0.05) is 18.2 Å². The number of nitrogens with zero attached hydrogens (tertiary/aromatic N) is 2. The number of guanidine groups is 1. The van der Waals surface area contributed by atoms with Crippen LogP contribution in [0, 0.1) is 0 Å². The predicted molar refractivity (Wildman–Crippen MR) is 121 cm³/mol. The Bertz CT molecular complexity index is 622. The van der Waals surface area contributed by atoms with Crippen LogP contribution in [0.15, 0.2) is 29.3 Å². The summed E-state index contributed by atoms with van der Waals surface area (Å²) in [5, 5.41) is 7.08. The first kappa shape index (κ1) is 20.7. The van der Waals surface area contributed by atoms with Gasteiger partial charge in [-0.3, -0.25) is 4.99 Å². The van der Waals surface area contributed by atoms with Crippen LogP contribution in [-0.4, -0.2) is 49.2 Å². The van der Waals surface area contributed by atoms with Crippen LogP contribution in [0.5, 0.6) is 5.75 Å². The van der Waals surface area contributed by atoms with E-state index < -0.39 is 0 Å². The van der Waals surface area contributed by atoms with E-state index in [4.69, 9.17) is 4.74 Å². The number of hydrogen-bond donors (Lipinski definition) is 2. The van der Waals surface area contributed by atoms with Gasteiger partial charge in [-0.2, -0.15) is 0 Å². The summed E-state index contributed by atoms with van der Waals surface area (Å²) in [6, 6.07) is 9.77. The number of aliphatic imine (C=N–C) groups is 1. The van der Waals surface area contributed by atoms with E-state index in [1.54, 1.807) is 0 Å². The standard InChI is InChI=1S/C21H32N4O.HI/c1-22-21(24-17-11-13-25(14-12-17)18-9-10-18)23-15-16-5-2-3-8-20(16)26-19-6-4-7-19;/h2-3,5,8,17-19H,4,6-7,9-15H2,1H3,(H2,22,23,24);1H. The van der Waals surface area contributed by atoms with Gasteiger partial charge in [0.1, 0.15) is 5.75 Å². The number of para-hydroxylation sites is 1. The molecule has 1 aromatic rings. The number of hydrogen-bond acceptors (Lipinski definition) is 3. The smallest absolute Gasteiger partial charge is 0.191 e.